The Morgan fingerprint density at radius 2 is 2.45 bits per heavy atom. The lowest BCUT2D eigenvalue weighted by Crippen LogP contribution is -2.33. The first-order valence-electron chi connectivity index (χ1n) is 6.56. The normalized spacial score (nSPS) is 15.5. The summed E-state index contributed by atoms with van der Waals surface area (Å²) in [5.41, 5.74) is 2.86. The van der Waals surface area contributed by atoms with Gasteiger partial charge in [0.25, 0.3) is 0 Å². The average molecular weight is 269 g/mol. The van der Waals surface area contributed by atoms with Crippen molar-refractivity contribution in [2.45, 2.75) is 13.8 Å². The molecule has 0 spiro atoms. The number of allylic oxidation sites excluding steroid dienone is 3. The van der Waals surface area contributed by atoms with Gasteiger partial charge in [0.05, 0.1) is 11.6 Å². The lowest BCUT2D eigenvalue weighted by molar-refractivity contribution is 0.870. The molecule has 2 heterocycles. The maximum Gasteiger partial charge on any atom is 0.134 e. The maximum atomic E-state index is 8.91. The van der Waals surface area contributed by atoms with Crippen LogP contribution in [-0.2, 0) is 0 Å². The quantitative estimate of drug-likeness (QED) is 0.653. The fraction of sp³-hybridized carbons (Fsp3) is 0.333. The fourth-order valence-electron chi connectivity index (χ4n) is 2.07. The second kappa shape index (κ2) is 6.11. The first-order chi connectivity index (χ1) is 9.65. The minimum Gasteiger partial charge on any atom is -0.366 e. The molecular weight excluding hydrogens is 250 g/mol. The molecular formula is C15H19N5. The van der Waals surface area contributed by atoms with Crippen molar-refractivity contribution < 1.29 is 0 Å². The van der Waals surface area contributed by atoms with E-state index < -0.39 is 0 Å². The summed E-state index contributed by atoms with van der Waals surface area (Å²) in [4.78, 5) is 9.80. The van der Waals surface area contributed by atoms with Crippen molar-refractivity contribution >= 4 is 11.7 Å². The van der Waals surface area contributed by atoms with Crippen molar-refractivity contribution in [3.63, 3.8) is 0 Å². The van der Waals surface area contributed by atoms with E-state index in [2.05, 4.69) is 26.3 Å². The third kappa shape index (κ3) is 2.91. The highest BCUT2D eigenvalue weighted by Crippen LogP contribution is 2.20. The summed E-state index contributed by atoms with van der Waals surface area (Å²) in [7, 11) is 2.01. The molecule has 1 aromatic rings. The Bertz CT molecular complexity index is 612. The van der Waals surface area contributed by atoms with E-state index in [9.17, 15) is 0 Å². The minimum atomic E-state index is 0.636. The van der Waals surface area contributed by atoms with Crippen LogP contribution >= 0.6 is 0 Å². The van der Waals surface area contributed by atoms with Crippen molar-refractivity contribution in [3.05, 3.63) is 41.1 Å². The van der Waals surface area contributed by atoms with Crippen molar-refractivity contribution in [2.75, 3.05) is 25.2 Å². The Labute approximate surface area is 119 Å². The van der Waals surface area contributed by atoms with E-state index in [4.69, 9.17) is 5.26 Å². The number of hydrogen-bond donors (Lipinski definition) is 2. The highest BCUT2D eigenvalue weighted by atomic mass is 15.3. The molecule has 0 aromatic carbocycles. The van der Waals surface area contributed by atoms with Gasteiger partial charge in [-0.1, -0.05) is 11.6 Å². The average Bonchev–Trinajstić information content (AvgIpc) is 2.94. The highest BCUT2D eigenvalue weighted by Gasteiger charge is 2.18. The molecule has 5 nitrogen and oxygen atoms in total. The van der Waals surface area contributed by atoms with Crippen molar-refractivity contribution in [1.82, 2.24) is 10.3 Å². The number of nitrogens with zero attached hydrogens (tertiary/aromatic N) is 3. The van der Waals surface area contributed by atoms with E-state index in [0.29, 0.717) is 18.8 Å². The molecule has 0 unspecified atom stereocenters. The number of hydrogen-bond acceptors (Lipinski definition) is 4. The molecule has 0 amide bonds. The van der Waals surface area contributed by atoms with Crippen LogP contribution in [0.4, 0.5) is 5.82 Å². The van der Waals surface area contributed by atoms with Crippen LogP contribution in [0.2, 0.25) is 0 Å². The van der Waals surface area contributed by atoms with Gasteiger partial charge < -0.3 is 15.2 Å². The van der Waals surface area contributed by atoms with Crippen molar-refractivity contribution in [2.24, 2.45) is 4.99 Å². The summed E-state index contributed by atoms with van der Waals surface area (Å²) in [5.74, 6) is 1.97. The molecule has 0 saturated carbocycles. The smallest absolute Gasteiger partial charge is 0.134 e. The Balaban J connectivity index is 2.05. The number of nitrogens with one attached hydrogen (secondary N) is 2. The molecule has 20 heavy (non-hydrogen) atoms. The number of anilines is 1. The monoisotopic (exact) mass is 269 g/mol. The third-order valence-corrected chi connectivity index (χ3v) is 3.18. The third-order valence-electron chi connectivity index (χ3n) is 3.18. The Hall–Kier alpha value is -2.48. The Morgan fingerprint density at radius 1 is 1.65 bits per heavy atom. The molecule has 0 saturated heterocycles. The van der Waals surface area contributed by atoms with Crippen LogP contribution in [0.15, 0.2) is 40.6 Å². The molecule has 1 aliphatic rings. The van der Waals surface area contributed by atoms with Gasteiger partial charge in [-0.2, -0.15) is 5.26 Å². The number of aromatic nitrogens is 1. The summed E-state index contributed by atoms with van der Waals surface area (Å²) in [5, 5.41) is 12.2. The minimum absolute atomic E-state index is 0.636. The van der Waals surface area contributed by atoms with Gasteiger partial charge in [0, 0.05) is 25.4 Å². The van der Waals surface area contributed by atoms with Gasteiger partial charge in [0.2, 0.25) is 0 Å². The van der Waals surface area contributed by atoms with Gasteiger partial charge in [-0.3, -0.25) is 0 Å². The molecule has 1 aromatic heterocycles. The number of H-pyrrole nitrogens is 1. The Morgan fingerprint density at radius 3 is 3.15 bits per heavy atom. The van der Waals surface area contributed by atoms with Crippen LogP contribution in [0, 0.1) is 11.3 Å². The zero-order chi connectivity index (χ0) is 14.5. The molecule has 0 radical (unpaired) electrons. The summed E-state index contributed by atoms with van der Waals surface area (Å²) in [6, 6.07) is 4.17. The van der Waals surface area contributed by atoms with E-state index in [0.717, 1.165) is 22.8 Å². The number of fused-ring (bicyclic) bond motifs is 1. The van der Waals surface area contributed by atoms with Crippen LogP contribution in [-0.4, -0.2) is 31.1 Å². The first-order valence-corrected chi connectivity index (χ1v) is 6.56. The number of amidine groups is 1. The maximum absolute atomic E-state index is 8.91. The molecule has 2 N–H and O–H groups in total. The van der Waals surface area contributed by atoms with Crippen LogP contribution in [0.5, 0.6) is 0 Å². The lowest BCUT2D eigenvalue weighted by atomic mass is 10.1. The zero-order valence-corrected chi connectivity index (χ0v) is 12.1. The molecule has 0 atom stereocenters. The van der Waals surface area contributed by atoms with E-state index in [-0.39, 0.29) is 0 Å². The summed E-state index contributed by atoms with van der Waals surface area (Å²) >= 11 is 0. The predicted octanol–water partition coefficient (Wildman–Crippen LogP) is 2.17. The molecule has 0 fully saturated rings. The Kier molecular flexibility index (Phi) is 4.26. The molecule has 0 bridgehead atoms. The number of aliphatic imine (C=N–C) groups is 1. The van der Waals surface area contributed by atoms with Crippen LogP contribution in [0.25, 0.3) is 0 Å². The van der Waals surface area contributed by atoms with Gasteiger partial charge in [0.1, 0.15) is 18.3 Å². The van der Waals surface area contributed by atoms with Gasteiger partial charge >= 0.3 is 0 Å². The number of rotatable bonds is 3. The van der Waals surface area contributed by atoms with Crippen LogP contribution < -0.4 is 10.2 Å². The van der Waals surface area contributed by atoms with E-state index in [1.165, 1.54) is 0 Å². The standard InChI is InChI=1S/C15H19N5/c1-4-12(8-16)7-11(2)9-18-14-13-5-6-17-15(13)20(3)10-19-14/h4-7,17H,9-10H2,1-3H3,(H,18,19). The fourth-order valence-corrected chi connectivity index (χ4v) is 2.07. The van der Waals surface area contributed by atoms with Crippen molar-refractivity contribution in [3.8, 4) is 6.07 Å². The summed E-state index contributed by atoms with van der Waals surface area (Å²) in [6.45, 7) is 5.17. The molecule has 0 aliphatic carbocycles. The van der Waals surface area contributed by atoms with Gasteiger partial charge in [-0.25, -0.2) is 4.99 Å². The predicted molar refractivity (Wildman–Crippen MR) is 81.7 cm³/mol. The van der Waals surface area contributed by atoms with Crippen molar-refractivity contribution in [1.29, 1.82) is 5.26 Å². The van der Waals surface area contributed by atoms with Crippen LogP contribution in [0.1, 0.15) is 19.4 Å². The highest BCUT2D eigenvalue weighted by molar-refractivity contribution is 6.04. The largest absolute Gasteiger partial charge is 0.366 e. The molecule has 2 rings (SSSR count). The van der Waals surface area contributed by atoms with Gasteiger partial charge in [0.15, 0.2) is 0 Å². The van der Waals surface area contributed by atoms with Gasteiger partial charge in [-0.05, 0) is 26.0 Å². The lowest BCUT2D eigenvalue weighted by Gasteiger charge is -2.23. The zero-order valence-electron chi connectivity index (χ0n) is 12.1. The summed E-state index contributed by atoms with van der Waals surface area (Å²) < 4.78 is 0. The second-order valence-electron chi connectivity index (χ2n) is 4.79. The first kappa shape index (κ1) is 13.9. The second-order valence-corrected chi connectivity index (χ2v) is 4.79. The molecule has 104 valence electrons. The van der Waals surface area contributed by atoms with E-state index in [1.54, 1.807) is 6.08 Å². The molecule has 1 aliphatic heterocycles. The van der Waals surface area contributed by atoms with E-state index >= 15 is 0 Å². The number of nitriles is 1. The van der Waals surface area contributed by atoms with E-state index in [1.807, 2.05) is 39.2 Å². The summed E-state index contributed by atoms with van der Waals surface area (Å²) in [6.07, 6.45) is 5.61. The topological polar surface area (TPSA) is 67.2 Å². The van der Waals surface area contributed by atoms with Gasteiger partial charge in [-0.15, -0.1) is 0 Å². The SMILES string of the molecule is CC=C(C#N)C=C(C)CNC1=NCN(C)c2[nH]ccc21. The number of aromatic amines is 1. The van der Waals surface area contributed by atoms with Crippen LogP contribution in [0.3, 0.4) is 0 Å². The molecule has 5 heteroatoms.